The Kier molecular flexibility index (Phi) is 6.22. The second kappa shape index (κ2) is 9.20. The molecule has 152 valence electrons. The number of carbonyl (C=O) groups is 1. The predicted molar refractivity (Wildman–Crippen MR) is 112 cm³/mol. The van der Waals surface area contributed by atoms with Crippen LogP contribution in [0.4, 0.5) is 5.69 Å². The van der Waals surface area contributed by atoms with Gasteiger partial charge in [-0.3, -0.25) is 9.69 Å². The third-order valence-corrected chi connectivity index (χ3v) is 5.32. The van der Waals surface area contributed by atoms with Crippen LogP contribution in [0.3, 0.4) is 0 Å². The van der Waals surface area contributed by atoms with Crippen molar-refractivity contribution in [3.8, 4) is 0 Å². The molecule has 3 aromatic rings. The van der Waals surface area contributed by atoms with E-state index in [4.69, 9.17) is 20.4 Å². The van der Waals surface area contributed by atoms with Crippen LogP contribution in [0.25, 0.3) is 0 Å². The Balaban J connectivity index is 1.35. The molecule has 1 aliphatic heterocycles. The number of hydrogen-bond donors (Lipinski definition) is 0. The van der Waals surface area contributed by atoms with E-state index < -0.39 is 0 Å². The van der Waals surface area contributed by atoms with Gasteiger partial charge in [-0.25, -0.2) is 0 Å². The van der Waals surface area contributed by atoms with Crippen LogP contribution >= 0.6 is 11.6 Å². The zero-order valence-corrected chi connectivity index (χ0v) is 16.9. The van der Waals surface area contributed by atoms with Crippen LogP contribution in [-0.4, -0.2) is 48.4 Å². The molecule has 0 N–H and O–H groups in total. The standard InChI is InChI=1S/C22H24ClN3O3/c23-18-4-1-5-19(14-18)25-8-10-26(11-9-25)22(27)17-24(15-20-6-2-12-28-20)16-21-7-3-13-29-21/h1-7,12-14H,8-11,15-17H2. The average Bonchev–Trinajstić information content (AvgIpc) is 3.42. The summed E-state index contributed by atoms with van der Waals surface area (Å²) in [6.07, 6.45) is 3.30. The van der Waals surface area contributed by atoms with E-state index in [0.717, 1.165) is 35.3 Å². The quantitative estimate of drug-likeness (QED) is 0.588. The number of anilines is 1. The second-order valence-electron chi connectivity index (χ2n) is 7.15. The second-order valence-corrected chi connectivity index (χ2v) is 7.59. The highest BCUT2D eigenvalue weighted by Gasteiger charge is 2.24. The molecule has 4 rings (SSSR count). The zero-order chi connectivity index (χ0) is 20.1. The summed E-state index contributed by atoms with van der Waals surface area (Å²) < 4.78 is 10.9. The molecule has 0 saturated carbocycles. The minimum absolute atomic E-state index is 0.119. The molecule has 1 fully saturated rings. The van der Waals surface area contributed by atoms with Crippen molar-refractivity contribution in [2.75, 3.05) is 37.6 Å². The minimum Gasteiger partial charge on any atom is -0.468 e. The normalized spacial score (nSPS) is 14.6. The van der Waals surface area contributed by atoms with Crippen LogP contribution in [0, 0.1) is 0 Å². The summed E-state index contributed by atoms with van der Waals surface area (Å²) >= 11 is 6.10. The lowest BCUT2D eigenvalue weighted by Crippen LogP contribution is -2.51. The van der Waals surface area contributed by atoms with Gasteiger partial charge in [-0.2, -0.15) is 0 Å². The van der Waals surface area contributed by atoms with Crippen molar-refractivity contribution >= 4 is 23.2 Å². The Bertz CT molecular complexity index is 867. The monoisotopic (exact) mass is 413 g/mol. The van der Waals surface area contributed by atoms with Crippen LogP contribution < -0.4 is 4.90 Å². The van der Waals surface area contributed by atoms with Crippen molar-refractivity contribution in [2.24, 2.45) is 0 Å². The van der Waals surface area contributed by atoms with Crippen molar-refractivity contribution < 1.29 is 13.6 Å². The number of amides is 1. The SMILES string of the molecule is O=C(CN(Cc1ccco1)Cc1ccco1)N1CCN(c2cccc(Cl)c2)CC1. The lowest BCUT2D eigenvalue weighted by Gasteiger charge is -2.37. The number of hydrogen-bond acceptors (Lipinski definition) is 5. The molecule has 6 nitrogen and oxygen atoms in total. The van der Waals surface area contributed by atoms with Gasteiger partial charge in [-0.1, -0.05) is 17.7 Å². The van der Waals surface area contributed by atoms with Crippen molar-refractivity contribution in [3.63, 3.8) is 0 Å². The van der Waals surface area contributed by atoms with Crippen LogP contribution in [0.5, 0.6) is 0 Å². The Morgan fingerprint density at radius 1 is 0.931 bits per heavy atom. The molecule has 1 aromatic carbocycles. The van der Waals surface area contributed by atoms with Gasteiger partial charge >= 0.3 is 0 Å². The van der Waals surface area contributed by atoms with E-state index in [0.29, 0.717) is 32.7 Å². The molecule has 1 saturated heterocycles. The summed E-state index contributed by atoms with van der Waals surface area (Å²) in [6, 6.07) is 15.4. The van der Waals surface area contributed by atoms with Crippen molar-refractivity contribution in [1.82, 2.24) is 9.80 Å². The first kappa shape index (κ1) is 19.6. The van der Waals surface area contributed by atoms with Gasteiger partial charge in [-0.05, 0) is 42.5 Å². The molecule has 1 aliphatic rings. The molecule has 0 unspecified atom stereocenters. The van der Waals surface area contributed by atoms with Crippen LogP contribution in [0.15, 0.2) is 69.9 Å². The number of nitrogens with zero attached hydrogens (tertiary/aromatic N) is 3. The molecule has 0 atom stereocenters. The maximum Gasteiger partial charge on any atom is 0.236 e. The third-order valence-electron chi connectivity index (χ3n) is 5.08. The van der Waals surface area contributed by atoms with Crippen molar-refractivity contribution in [2.45, 2.75) is 13.1 Å². The minimum atomic E-state index is 0.119. The highest BCUT2D eigenvalue weighted by atomic mass is 35.5. The number of rotatable bonds is 7. The first-order valence-electron chi connectivity index (χ1n) is 9.73. The van der Waals surface area contributed by atoms with Gasteiger partial charge in [0.1, 0.15) is 11.5 Å². The van der Waals surface area contributed by atoms with Crippen molar-refractivity contribution in [3.05, 3.63) is 77.6 Å². The smallest absolute Gasteiger partial charge is 0.236 e. The van der Waals surface area contributed by atoms with E-state index in [1.54, 1.807) is 12.5 Å². The van der Waals surface area contributed by atoms with E-state index in [9.17, 15) is 4.79 Å². The number of halogens is 1. The molecule has 0 aliphatic carbocycles. The van der Waals surface area contributed by atoms with Gasteiger partial charge in [0.15, 0.2) is 0 Å². The Labute approximate surface area is 175 Å². The van der Waals surface area contributed by atoms with Gasteiger partial charge in [-0.15, -0.1) is 0 Å². The largest absolute Gasteiger partial charge is 0.468 e. The van der Waals surface area contributed by atoms with Gasteiger partial charge in [0.2, 0.25) is 5.91 Å². The Hall–Kier alpha value is -2.70. The highest BCUT2D eigenvalue weighted by Crippen LogP contribution is 2.21. The molecule has 3 heterocycles. The molecule has 2 aromatic heterocycles. The average molecular weight is 414 g/mol. The fraction of sp³-hybridized carbons (Fsp3) is 0.318. The number of carbonyl (C=O) groups excluding carboxylic acids is 1. The van der Waals surface area contributed by atoms with Gasteiger partial charge in [0, 0.05) is 36.9 Å². The molecule has 0 bridgehead atoms. The van der Waals surface area contributed by atoms with Gasteiger partial charge < -0.3 is 18.6 Å². The first-order chi connectivity index (χ1) is 14.2. The molecule has 7 heteroatoms. The lowest BCUT2D eigenvalue weighted by atomic mass is 10.2. The molecular weight excluding hydrogens is 390 g/mol. The van der Waals surface area contributed by atoms with Crippen LogP contribution in [0.2, 0.25) is 5.02 Å². The molecular formula is C22H24ClN3O3. The summed E-state index contributed by atoms with van der Waals surface area (Å²) in [5.41, 5.74) is 1.10. The van der Waals surface area contributed by atoms with Gasteiger partial charge in [0.25, 0.3) is 0 Å². The van der Waals surface area contributed by atoms with Crippen LogP contribution in [-0.2, 0) is 17.9 Å². The molecule has 0 spiro atoms. The summed E-state index contributed by atoms with van der Waals surface area (Å²) in [5.74, 6) is 1.78. The zero-order valence-electron chi connectivity index (χ0n) is 16.2. The summed E-state index contributed by atoms with van der Waals surface area (Å²) in [7, 11) is 0. The van der Waals surface area contributed by atoms with E-state index >= 15 is 0 Å². The summed E-state index contributed by atoms with van der Waals surface area (Å²) in [6.45, 7) is 4.41. The van der Waals surface area contributed by atoms with Crippen molar-refractivity contribution in [1.29, 1.82) is 0 Å². The van der Waals surface area contributed by atoms with E-state index in [1.165, 1.54) is 0 Å². The highest BCUT2D eigenvalue weighted by molar-refractivity contribution is 6.30. The summed E-state index contributed by atoms with van der Waals surface area (Å²) in [4.78, 5) is 19.2. The number of piperazine rings is 1. The Morgan fingerprint density at radius 3 is 2.14 bits per heavy atom. The lowest BCUT2D eigenvalue weighted by molar-refractivity contribution is -0.133. The topological polar surface area (TPSA) is 53.1 Å². The summed E-state index contributed by atoms with van der Waals surface area (Å²) in [5, 5.41) is 0.729. The Morgan fingerprint density at radius 2 is 1.59 bits per heavy atom. The molecule has 0 radical (unpaired) electrons. The first-order valence-corrected chi connectivity index (χ1v) is 10.1. The fourth-order valence-electron chi connectivity index (χ4n) is 3.59. The van der Waals surface area contributed by atoms with Gasteiger partial charge in [0.05, 0.1) is 32.2 Å². The third kappa shape index (κ3) is 5.22. The predicted octanol–water partition coefficient (Wildman–Crippen LogP) is 3.88. The maximum atomic E-state index is 12.9. The maximum absolute atomic E-state index is 12.9. The fourth-order valence-corrected chi connectivity index (χ4v) is 3.78. The van der Waals surface area contributed by atoms with E-state index in [-0.39, 0.29) is 5.91 Å². The molecule has 1 amide bonds. The molecule has 29 heavy (non-hydrogen) atoms. The van der Waals surface area contributed by atoms with E-state index in [2.05, 4.69) is 11.0 Å². The number of benzene rings is 1. The van der Waals surface area contributed by atoms with Crippen LogP contribution in [0.1, 0.15) is 11.5 Å². The number of furan rings is 2. The van der Waals surface area contributed by atoms with E-state index in [1.807, 2.05) is 52.3 Å².